The van der Waals surface area contributed by atoms with E-state index in [-0.39, 0.29) is 11.6 Å². The Labute approximate surface area is 113 Å². The molecule has 1 heterocycles. The molecule has 0 fully saturated rings. The third-order valence-electron chi connectivity index (χ3n) is 2.32. The Morgan fingerprint density at radius 1 is 1.42 bits per heavy atom. The summed E-state index contributed by atoms with van der Waals surface area (Å²) in [6.07, 6.45) is 1.41. The number of benzene rings is 1. The average molecular weight is 278 g/mol. The number of halogens is 1. The summed E-state index contributed by atoms with van der Waals surface area (Å²) in [7, 11) is 0. The zero-order chi connectivity index (χ0) is 13.7. The highest BCUT2D eigenvalue weighted by molar-refractivity contribution is 8.02. The molecule has 0 aliphatic carbocycles. The van der Waals surface area contributed by atoms with Crippen molar-refractivity contribution in [3.05, 3.63) is 47.1 Å². The van der Waals surface area contributed by atoms with Gasteiger partial charge in [-0.15, -0.1) is 5.10 Å². The number of ketones is 1. The highest BCUT2D eigenvalue weighted by atomic mass is 32.2. The molecule has 0 saturated heterocycles. The molecule has 0 N–H and O–H groups in total. The Morgan fingerprint density at radius 3 is 2.84 bits per heavy atom. The second-order valence-electron chi connectivity index (χ2n) is 3.57. The van der Waals surface area contributed by atoms with E-state index in [1.165, 1.54) is 42.1 Å². The molecular weight excluding hydrogens is 267 g/mol. The lowest BCUT2D eigenvalue weighted by Gasteiger charge is -1.96. The number of thioether (sulfide) groups is 1. The number of tetrazole rings is 1. The molecule has 7 heteroatoms. The molecule has 2 aromatic rings. The smallest absolute Gasteiger partial charge is 0.213 e. The fourth-order valence-electron chi connectivity index (χ4n) is 1.35. The number of nitrogens with zero attached hydrogens (tertiary/aromatic N) is 4. The van der Waals surface area contributed by atoms with Gasteiger partial charge in [0.05, 0.1) is 0 Å². The summed E-state index contributed by atoms with van der Waals surface area (Å²) in [5.74, 6) is -0.556. The van der Waals surface area contributed by atoms with Crippen LogP contribution in [0.4, 0.5) is 4.39 Å². The maximum atomic E-state index is 12.7. The zero-order valence-electron chi connectivity index (χ0n) is 10.2. The van der Waals surface area contributed by atoms with E-state index in [1.54, 1.807) is 10.1 Å². The van der Waals surface area contributed by atoms with Gasteiger partial charge in [0.2, 0.25) is 5.16 Å². The van der Waals surface area contributed by atoms with Gasteiger partial charge < -0.3 is 0 Å². The fraction of sp³-hybridized carbons (Fsp3) is 0.167. The van der Waals surface area contributed by atoms with Gasteiger partial charge in [0, 0.05) is 12.1 Å². The summed E-state index contributed by atoms with van der Waals surface area (Å²) in [4.78, 5) is 11.8. The number of aryl methyl sites for hydroxylation is 1. The monoisotopic (exact) mass is 278 g/mol. The first-order chi connectivity index (χ1) is 9.20. The van der Waals surface area contributed by atoms with Crippen LogP contribution in [-0.4, -0.2) is 26.0 Å². The van der Waals surface area contributed by atoms with Gasteiger partial charge in [-0.3, -0.25) is 4.79 Å². The molecule has 0 aliphatic rings. The third kappa shape index (κ3) is 3.47. The maximum Gasteiger partial charge on any atom is 0.213 e. The second-order valence-corrected chi connectivity index (χ2v) is 4.44. The molecule has 19 heavy (non-hydrogen) atoms. The molecule has 0 amide bonds. The van der Waals surface area contributed by atoms with E-state index in [0.29, 0.717) is 17.3 Å². The van der Waals surface area contributed by atoms with Gasteiger partial charge in [-0.25, -0.2) is 9.07 Å². The summed E-state index contributed by atoms with van der Waals surface area (Å²) in [6, 6.07) is 5.41. The zero-order valence-corrected chi connectivity index (χ0v) is 11.0. The number of carbonyl (C=O) groups is 1. The van der Waals surface area contributed by atoms with Crippen molar-refractivity contribution in [3.8, 4) is 0 Å². The summed E-state index contributed by atoms with van der Waals surface area (Å²) in [6.45, 7) is 2.59. The molecule has 0 aliphatic heterocycles. The van der Waals surface area contributed by atoms with Crippen molar-refractivity contribution in [2.24, 2.45) is 0 Å². The van der Waals surface area contributed by atoms with Gasteiger partial charge in [-0.05, 0) is 53.1 Å². The van der Waals surface area contributed by atoms with Crippen LogP contribution in [0.3, 0.4) is 0 Å². The first-order valence-electron chi connectivity index (χ1n) is 5.60. The highest BCUT2D eigenvalue weighted by Crippen LogP contribution is 2.15. The molecular formula is C12H11FN4OS. The highest BCUT2D eigenvalue weighted by Gasteiger charge is 2.04. The average Bonchev–Trinajstić information content (AvgIpc) is 2.87. The van der Waals surface area contributed by atoms with Gasteiger partial charge >= 0.3 is 0 Å². The van der Waals surface area contributed by atoms with Crippen molar-refractivity contribution in [3.63, 3.8) is 0 Å². The van der Waals surface area contributed by atoms with Gasteiger partial charge in [-0.1, -0.05) is 11.8 Å². The maximum absolute atomic E-state index is 12.7. The molecule has 1 aromatic heterocycles. The van der Waals surface area contributed by atoms with E-state index >= 15 is 0 Å². The lowest BCUT2D eigenvalue weighted by molar-refractivity contribution is 0.104. The Bertz CT molecular complexity index is 594. The first-order valence-corrected chi connectivity index (χ1v) is 6.48. The van der Waals surface area contributed by atoms with E-state index in [4.69, 9.17) is 0 Å². The van der Waals surface area contributed by atoms with Crippen molar-refractivity contribution in [1.29, 1.82) is 0 Å². The van der Waals surface area contributed by atoms with Gasteiger partial charge in [0.25, 0.3) is 0 Å². The molecule has 0 saturated carbocycles. The summed E-state index contributed by atoms with van der Waals surface area (Å²) >= 11 is 1.26. The van der Waals surface area contributed by atoms with Crippen LogP contribution in [0.2, 0.25) is 0 Å². The molecule has 0 bridgehead atoms. The van der Waals surface area contributed by atoms with E-state index in [2.05, 4.69) is 15.5 Å². The minimum absolute atomic E-state index is 0.192. The van der Waals surface area contributed by atoms with Gasteiger partial charge in [-0.2, -0.15) is 0 Å². The Balaban J connectivity index is 1.99. The quantitative estimate of drug-likeness (QED) is 0.477. The van der Waals surface area contributed by atoms with Crippen LogP contribution in [0.15, 0.2) is 40.9 Å². The second kappa shape index (κ2) is 6.24. The van der Waals surface area contributed by atoms with Crippen LogP contribution in [-0.2, 0) is 6.54 Å². The van der Waals surface area contributed by atoms with E-state index in [1.807, 2.05) is 6.92 Å². The number of carbonyl (C=O) groups excluding carboxylic acids is 1. The van der Waals surface area contributed by atoms with Crippen LogP contribution in [0.1, 0.15) is 17.3 Å². The van der Waals surface area contributed by atoms with Gasteiger partial charge in [0.15, 0.2) is 5.78 Å². The molecule has 0 unspecified atom stereocenters. The van der Waals surface area contributed by atoms with E-state index in [9.17, 15) is 9.18 Å². The number of hydrogen-bond donors (Lipinski definition) is 0. The minimum atomic E-state index is -0.364. The summed E-state index contributed by atoms with van der Waals surface area (Å²) in [5.41, 5.74) is 0.438. The van der Waals surface area contributed by atoms with Gasteiger partial charge in [0.1, 0.15) is 5.82 Å². The van der Waals surface area contributed by atoms with Crippen LogP contribution >= 0.6 is 11.8 Å². The van der Waals surface area contributed by atoms with Crippen molar-refractivity contribution in [2.45, 2.75) is 18.6 Å². The minimum Gasteiger partial charge on any atom is -0.289 e. The fourth-order valence-corrected chi connectivity index (χ4v) is 2.03. The van der Waals surface area contributed by atoms with Crippen molar-refractivity contribution < 1.29 is 9.18 Å². The van der Waals surface area contributed by atoms with Crippen molar-refractivity contribution in [1.82, 2.24) is 20.2 Å². The number of aromatic nitrogens is 4. The topological polar surface area (TPSA) is 60.7 Å². The number of hydrogen-bond acceptors (Lipinski definition) is 5. The lowest BCUT2D eigenvalue weighted by Crippen LogP contribution is -1.98. The summed E-state index contributed by atoms with van der Waals surface area (Å²) < 4.78 is 14.3. The van der Waals surface area contributed by atoms with Crippen LogP contribution in [0.25, 0.3) is 0 Å². The largest absolute Gasteiger partial charge is 0.289 e. The van der Waals surface area contributed by atoms with Crippen LogP contribution < -0.4 is 0 Å². The van der Waals surface area contributed by atoms with E-state index < -0.39 is 0 Å². The standard InChI is InChI=1S/C12H11FN4OS/c1-2-17-12(14-15-16-17)19-8-7-11(18)9-3-5-10(13)6-4-9/h3-8H,2H2,1H3/b8-7+. The first kappa shape index (κ1) is 13.4. The SMILES string of the molecule is CCn1nnnc1S/C=C/C(=O)c1ccc(F)cc1. The molecule has 98 valence electrons. The Kier molecular flexibility index (Phi) is 4.40. The predicted octanol–water partition coefficient (Wildman–Crippen LogP) is 2.32. The molecule has 0 atom stereocenters. The van der Waals surface area contributed by atoms with Crippen molar-refractivity contribution in [2.75, 3.05) is 0 Å². The van der Waals surface area contributed by atoms with Crippen LogP contribution in [0.5, 0.6) is 0 Å². The predicted molar refractivity (Wildman–Crippen MR) is 69.2 cm³/mol. The third-order valence-corrected chi connectivity index (χ3v) is 3.10. The Hall–Kier alpha value is -2.02. The molecule has 5 nitrogen and oxygen atoms in total. The molecule has 0 spiro atoms. The lowest BCUT2D eigenvalue weighted by atomic mass is 10.1. The molecule has 0 radical (unpaired) electrons. The molecule has 1 aromatic carbocycles. The van der Waals surface area contributed by atoms with Crippen LogP contribution in [0, 0.1) is 5.82 Å². The normalized spacial score (nSPS) is 11.1. The van der Waals surface area contributed by atoms with Crippen molar-refractivity contribution >= 4 is 17.5 Å². The summed E-state index contributed by atoms with van der Waals surface area (Å²) in [5, 5.41) is 13.4. The number of allylic oxidation sites excluding steroid dienone is 1. The van der Waals surface area contributed by atoms with E-state index in [0.717, 1.165) is 0 Å². The number of rotatable bonds is 5. The Morgan fingerprint density at radius 2 is 2.16 bits per heavy atom. The molecule has 2 rings (SSSR count).